The van der Waals surface area contributed by atoms with Crippen LogP contribution in [0.5, 0.6) is 11.5 Å². The molecule has 0 saturated heterocycles. The SMILES string of the molecule is CN=C(NCCOc1ccccc1)NCc1ccc(OCCCN(C)C)cc1.I. The zero-order chi connectivity index (χ0) is 20.0. The predicted molar refractivity (Wildman–Crippen MR) is 131 cm³/mol. The van der Waals surface area contributed by atoms with Crippen LogP contribution in [0.2, 0.25) is 0 Å². The van der Waals surface area contributed by atoms with Gasteiger partial charge in [0.1, 0.15) is 18.1 Å². The second-order valence-electron chi connectivity index (χ2n) is 6.66. The van der Waals surface area contributed by atoms with Crippen molar-refractivity contribution >= 4 is 29.9 Å². The number of halogens is 1. The minimum absolute atomic E-state index is 0. The van der Waals surface area contributed by atoms with Gasteiger partial charge in [-0.05, 0) is 50.3 Å². The molecule has 6 nitrogen and oxygen atoms in total. The van der Waals surface area contributed by atoms with Gasteiger partial charge in [0.25, 0.3) is 0 Å². The van der Waals surface area contributed by atoms with Crippen molar-refractivity contribution < 1.29 is 9.47 Å². The first-order valence-corrected chi connectivity index (χ1v) is 9.66. The van der Waals surface area contributed by atoms with E-state index in [0.717, 1.165) is 37.0 Å². The van der Waals surface area contributed by atoms with Crippen molar-refractivity contribution in [2.45, 2.75) is 13.0 Å². The highest BCUT2D eigenvalue weighted by Gasteiger charge is 2.00. The molecule has 0 aliphatic rings. The Balaban J connectivity index is 0.00000420. The molecule has 0 fully saturated rings. The number of benzene rings is 2. The number of hydrogen-bond donors (Lipinski definition) is 2. The molecule has 160 valence electrons. The number of rotatable bonds is 11. The molecule has 2 N–H and O–H groups in total. The number of para-hydroxylation sites is 1. The van der Waals surface area contributed by atoms with Crippen molar-refractivity contribution in [2.24, 2.45) is 4.99 Å². The van der Waals surface area contributed by atoms with Crippen LogP contribution in [-0.2, 0) is 6.54 Å². The highest BCUT2D eigenvalue weighted by molar-refractivity contribution is 14.0. The molecule has 0 bridgehead atoms. The first-order valence-electron chi connectivity index (χ1n) is 9.66. The van der Waals surface area contributed by atoms with E-state index in [2.05, 4.69) is 46.8 Å². The molecule has 0 aliphatic heterocycles. The Labute approximate surface area is 191 Å². The molecule has 0 atom stereocenters. The third-order valence-electron chi connectivity index (χ3n) is 4.03. The Morgan fingerprint density at radius 1 is 0.897 bits per heavy atom. The largest absolute Gasteiger partial charge is 0.494 e. The second kappa shape index (κ2) is 14.9. The Morgan fingerprint density at radius 3 is 2.21 bits per heavy atom. The van der Waals surface area contributed by atoms with Crippen LogP contribution in [0.15, 0.2) is 59.6 Å². The van der Waals surface area contributed by atoms with Gasteiger partial charge in [0, 0.05) is 20.1 Å². The molecule has 0 spiro atoms. The van der Waals surface area contributed by atoms with Crippen LogP contribution in [0.4, 0.5) is 0 Å². The van der Waals surface area contributed by atoms with Gasteiger partial charge >= 0.3 is 0 Å². The fourth-order valence-corrected chi connectivity index (χ4v) is 2.54. The van der Waals surface area contributed by atoms with Crippen LogP contribution in [0.25, 0.3) is 0 Å². The lowest BCUT2D eigenvalue weighted by Crippen LogP contribution is -2.38. The van der Waals surface area contributed by atoms with E-state index in [4.69, 9.17) is 9.47 Å². The number of nitrogens with one attached hydrogen (secondary N) is 2. The van der Waals surface area contributed by atoms with Crippen LogP contribution < -0.4 is 20.1 Å². The van der Waals surface area contributed by atoms with E-state index < -0.39 is 0 Å². The van der Waals surface area contributed by atoms with E-state index in [1.54, 1.807) is 7.05 Å². The second-order valence-corrected chi connectivity index (χ2v) is 6.66. The molecular formula is C22H33IN4O2. The summed E-state index contributed by atoms with van der Waals surface area (Å²) in [7, 11) is 5.90. The molecule has 0 saturated carbocycles. The van der Waals surface area contributed by atoms with Crippen LogP contribution in [0.3, 0.4) is 0 Å². The maximum atomic E-state index is 5.76. The minimum Gasteiger partial charge on any atom is -0.494 e. The molecule has 0 amide bonds. The summed E-state index contributed by atoms with van der Waals surface area (Å²) in [6.07, 6.45) is 1.02. The standard InChI is InChI=1S/C22H32N4O2.HI/c1-23-22(24-14-17-28-20-8-5-4-6-9-20)25-18-19-10-12-21(13-11-19)27-16-7-15-26(2)3;/h4-6,8-13H,7,14-18H2,1-3H3,(H2,23,24,25);1H. The minimum atomic E-state index is 0. The maximum absolute atomic E-state index is 5.76. The van der Waals surface area contributed by atoms with E-state index in [1.165, 1.54) is 5.56 Å². The van der Waals surface area contributed by atoms with Crippen molar-refractivity contribution in [3.63, 3.8) is 0 Å². The lowest BCUT2D eigenvalue weighted by Gasteiger charge is -2.13. The molecule has 0 heterocycles. The van der Waals surface area contributed by atoms with E-state index >= 15 is 0 Å². The summed E-state index contributed by atoms with van der Waals surface area (Å²) < 4.78 is 11.4. The molecule has 2 aromatic carbocycles. The van der Waals surface area contributed by atoms with E-state index in [0.29, 0.717) is 19.7 Å². The monoisotopic (exact) mass is 512 g/mol. The summed E-state index contributed by atoms with van der Waals surface area (Å²) in [6.45, 7) is 3.71. The normalized spacial score (nSPS) is 11.0. The van der Waals surface area contributed by atoms with Gasteiger partial charge in [-0.3, -0.25) is 4.99 Å². The van der Waals surface area contributed by atoms with Crippen LogP contribution in [0.1, 0.15) is 12.0 Å². The number of aliphatic imine (C=N–C) groups is 1. The highest BCUT2D eigenvalue weighted by atomic mass is 127. The Morgan fingerprint density at radius 2 is 1.55 bits per heavy atom. The van der Waals surface area contributed by atoms with E-state index in [9.17, 15) is 0 Å². The van der Waals surface area contributed by atoms with Gasteiger partial charge in [-0.2, -0.15) is 0 Å². The smallest absolute Gasteiger partial charge is 0.191 e. The molecule has 0 aliphatic carbocycles. The van der Waals surface area contributed by atoms with E-state index in [1.807, 2.05) is 42.5 Å². The third-order valence-corrected chi connectivity index (χ3v) is 4.03. The number of nitrogens with zero attached hydrogens (tertiary/aromatic N) is 2. The Kier molecular flexibility index (Phi) is 12.9. The average molecular weight is 512 g/mol. The van der Waals surface area contributed by atoms with Gasteiger partial charge in [0.05, 0.1) is 13.2 Å². The summed E-state index contributed by atoms with van der Waals surface area (Å²) in [5.41, 5.74) is 1.17. The molecule has 0 aromatic heterocycles. The maximum Gasteiger partial charge on any atom is 0.191 e. The van der Waals surface area contributed by atoms with Crippen molar-refractivity contribution in [1.82, 2.24) is 15.5 Å². The molecule has 29 heavy (non-hydrogen) atoms. The van der Waals surface area contributed by atoms with Gasteiger partial charge in [-0.15, -0.1) is 24.0 Å². The summed E-state index contributed by atoms with van der Waals surface area (Å²) in [4.78, 5) is 6.40. The van der Waals surface area contributed by atoms with Crippen molar-refractivity contribution in [2.75, 3.05) is 47.4 Å². The fraction of sp³-hybridized carbons (Fsp3) is 0.409. The van der Waals surface area contributed by atoms with Gasteiger partial charge in [-0.1, -0.05) is 30.3 Å². The first kappa shape index (κ1) is 25.0. The van der Waals surface area contributed by atoms with Gasteiger partial charge in [0.15, 0.2) is 5.96 Å². The van der Waals surface area contributed by atoms with Crippen LogP contribution in [-0.4, -0.2) is 58.3 Å². The quantitative estimate of drug-likeness (QED) is 0.209. The summed E-state index contributed by atoms with van der Waals surface area (Å²) in [5.74, 6) is 2.53. The van der Waals surface area contributed by atoms with Gasteiger partial charge < -0.3 is 25.0 Å². The lowest BCUT2D eigenvalue weighted by atomic mass is 10.2. The molecule has 0 unspecified atom stereocenters. The third kappa shape index (κ3) is 10.9. The lowest BCUT2D eigenvalue weighted by molar-refractivity contribution is 0.281. The molecule has 2 aromatic rings. The first-order chi connectivity index (χ1) is 13.7. The van der Waals surface area contributed by atoms with Gasteiger partial charge in [-0.25, -0.2) is 0 Å². The molecule has 0 radical (unpaired) electrons. The van der Waals surface area contributed by atoms with Crippen LogP contribution in [0, 0.1) is 0 Å². The van der Waals surface area contributed by atoms with E-state index in [-0.39, 0.29) is 24.0 Å². The number of hydrogen-bond acceptors (Lipinski definition) is 4. The summed E-state index contributed by atoms with van der Waals surface area (Å²) in [5, 5.41) is 6.56. The molecule has 7 heteroatoms. The zero-order valence-electron chi connectivity index (χ0n) is 17.6. The van der Waals surface area contributed by atoms with Crippen LogP contribution >= 0.6 is 24.0 Å². The topological polar surface area (TPSA) is 58.1 Å². The Hall–Kier alpha value is -2.00. The summed E-state index contributed by atoms with van der Waals surface area (Å²) in [6, 6.07) is 18.0. The molecule has 2 rings (SSSR count). The number of ether oxygens (including phenoxy) is 2. The van der Waals surface area contributed by atoms with Crippen molar-refractivity contribution in [3.8, 4) is 11.5 Å². The summed E-state index contributed by atoms with van der Waals surface area (Å²) >= 11 is 0. The van der Waals surface area contributed by atoms with Crippen molar-refractivity contribution in [3.05, 3.63) is 60.2 Å². The fourth-order valence-electron chi connectivity index (χ4n) is 2.54. The predicted octanol–water partition coefficient (Wildman–Crippen LogP) is 3.38. The Bertz CT molecular complexity index is 694. The highest BCUT2D eigenvalue weighted by Crippen LogP contribution is 2.12. The molecular weight excluding hydrogens is 479 g/mol. The average Bonchev–Trinajstić information content (AvgIpc) is 2.72. The van der Waals surface area contributed by atoms with Crippen molar-refractivity contribution in [1.29, 1.82) is 0 Å². The zero-order valence-corrected chi connectivity index (χ0v) is 19.9. The number of guanidine groups is 1. The van der Waals surface area contributed by atoms with Gasteiger partial charge in [0.2, 0.25) is 0 Å².